The molecule has 22 heavy (non-hydrogen) atoms. The zero-order valence-corrected chi connectivity index (χ0v) is 12.0. The van der Waals surface area contributed by atoms with Crippen molar-refractivity contribution in [3.05, 3.63) is 47.4 Å². The minimum Gasteiger partial charge on any atom is -0.365 e. The summed E-state index contributed by atoms with van der Waals surface area (Å²) in [4.78, 5) is 13.6. The molecular weight excluding hydrogens is 292 g/mol. The van der Waals surface area contributed by atoms with Crippen LogP contribution in [-0.2, 0) is 0 Å². The van der Waals surface area contributed by atoms with Crippen molar-refractivity contribution in [2.75, 3.05) is 18.0 Å². The van der Waals surface area contributed by atoms with Crippen LogP contribution in [-0.4, -0.2) is 30.2 Å². The second-order valence-electron chi connectivity index (χ2n) is 5.30. The molecule has 2 aromatic rings. The Morgan fingerprint density at radius 1 is 1.41 bits per heavy atom. The Bertz CT molecular complexity index is 682. The molecule has 1 aliphatic heterocycles. The average Bonchev–Trinajstić information content (AvgIpc) is 3.08. The highest BCUT2D eigenvalue weighted by molar-refractivity contribution is 5.92. The lowest BCUT2D eigenvalue weighted by Gasteiger charge is -2.20. The predicted octanol–water partition coefficient (Wildman–Crippen LogP) is 2.27. The fourth-order valence-electron chi connectivity index (χ4n) is 2.61. The lowest BCUT2D eigenvalue weighted by atomic mass is 10.2. The van der Waals surface area contributed by atoms with Crippen LogP contribution < -0.4 is 10.2 Å². The third-order valence-electron chi connectivity index (χ3n) is 3.64. The molecule has 1 aromatic carbocycles. The molecular formula is C15H15F2N3O2. The van der Waals surface area contributed by atoms with Gasteiger partial charge in [0.05, 0.1) is 0 Å². The summed E-state index contributed by atoms with van der Waals surface area (Å²) >= 11 is 0. The SMILES string of the molecule is Cc1cc(C(=O)NC2CCN(c3c(F)cccc3F)C2)no1. The van der Waals surface area contributed by atoms with E-state index in [0.29, 0.717) is 25.3 Å². The molecule has 1 N–H and O–H groups in total. The molecule has 0 spiro atoms. The Balaban J connectivity index is 1.66. The minimum atomic E-state index is -0.598. The highest BCUT2D eigenvalue weighted by Crippen LogP contribution is 2.26. The van der Waals surface area contributed by atoms with Crippen LogP contribution in [0.5, 0.6) is 0 Å². The molecule has 116 valence electrons. The fraction of sp³-hybridized carbons (Fsp3) is 0.333. The Morgan fingerprint density at radius 3 is 2.77 bits per heavy atom. The van der Waals surface area contributed by atoms with E-state index in [1.165, 1.54) is 18.2 Å². The molecule has 1 amide bonds. The Hall–Kier alpha value is -2.44. The first kappa shape index (κ1) is 14.5. The third-order valence-corrected chi connectivity index (χ3v) is 3.64. The highest BCUT2D eigenvalue weighted by atomic mass is 19.1. The molecule has 0 bridgehead atoms. The number of nitrogens with one attached hydrogen (secondary N) is 1. The molecule has 2 heterocycles. The van der Waals surface area contributed by atoms with Gasteiger partial charge in [-0.05, 0) is 25.5 Å². The largest absolute Gasteiger partial charge is 0.365 e. The van der Waals surface area contributed by atoms with E-state index >= 15 is 0 Å². The van der Waals surface area contributed by atoms with Gasteiger partial charge in [0.2, 0.25) is 0 Å². The minimum absolute atomic E-state index is 0.0449. The number of nitrogens with zero attached hydrogens (tertiary/aromatic N) is 2. The van der Waals surface area contributed by atoms with Gasteiger partial charge in [-0.15, -0.1) is 0 Å². The van der Waals surface area contributed by atoms with Gasteiger partial charge in [-0.1, -0.05) is 11.2 Å². The number of halogens is 2. The molecule has 1 fully saturated rings. The molecule has 5 nitrogen and oxygen atoms in total. The van der Waals surface area contributed by atoms with Crippen molar-refractivity contribution in [3.63, 3.8) is 0 Å². The van der Waals surface area contributed by atoms with Gasteiger partial charge >= 0.3 is 0 Å². The molecule has 1 aliphatic rings. The van der Waals surface area contributed by atoms with Gasteiger partial charge in [-0.25, -0.2) is 8.78 Å². The van der Waals surface area contributed by atoms with E-state index in [1.807, 2.05) is 0 Å². The van der Waals surface area contributed by atoms with E-state index in [-0.39, 0.29) is 23.3 Å². The topological polar surface area (TPSA) is 58.4 Å². The first-order chi connectivity index (χ1) is 10.5. The predicted molar refractivity (Wildman–Crippen MR) is 75.7 cm³/mol. The van der Waals surface area contributed by atoms with Crippen molar-refractivity contribution in [3.8, 4) is 0 Å². The lowest BCUT2D eigenvalue weighted by molar-refractivity contribution is 0.0931. The summed E-state index contributed by atoms with van der Waals surface area (Å²) in [6, 6.07) is 5.13. The molecule has 0 radical (unpaired) electrons. The molecule has 1 atom stereocenters. The molecule has 7 heteroatoms. The van der Waals surface area contributed by atoms with E-state index in [2.05, 4.69) is 10.5 Å². The number of rotatable bonds is 3. The van der Waals surface area contributed by atoms with Gasteiger partial charge in [-0.3, -0.25) is 4.79 Å². The van der Waals surface area contributed by atoms with Crippen LogP contribution in [0, 0.1) is 18.6 Å². The quantitative estimate of drug-likeness (QED) is 0.945. The summed E-state index contributed by atoms with van der Waals surface area (Å²) in [6.07, 6.45) is 0.607. The Morgan fingerprint density at radius 2 is 2.14 bits per heavy atom. The number of aryl methyl sites for hydroxylation is 1. The van der Waals surface area contributed by atoms with E-state index in [1.54, 1.807) is 17.9 Å². The van der Waals surface area contributed by atoms with Gasteiger partial charge in [-0.2, -0.15) is 0 Å². The van der Waals surface area contributed by atoms with Crippen LogP contribution in [0.25, 0.3) is 0 Å². The second kappa shape index (κ2) is 5.75. The van der Waals surface area contributed by atoms with Crippen molar-refractivity contribution in [2.45, 2.75) is 19.4 Å². The van der Waals surface area contributed by atoms with Crippen LogP contribution in [0.1, 0.15) is 22.7 Å². The van der Waals surface area contributed by atoms with Gasteiger partial charge in [0.25, 0.3) is 5.91 Å². The average molecular weight is 307 g/mol. The molecule has 0 saturated carbocycles. The van der Waals surface area contributed by atoms with Gasteiger partial charge in [0, 0.05) is 25.2 Å². The van der Waals surface area contributed by atoms with Crippen molar-refractivity contribution < 1.29 is 18.1 Å². The number of hydrogen-bond donors (Lipinski definition) is 1. The first-order valence-corrected chi connectivity index (χ1v) is 6.97. The maximum atomic E-state index is 13.8. The summed E-state index contributed by atoms with van der Waals surface area (Å²) in [6.45, 7) is 2.52. The summed E-state index contributed by atoms with van der Waals surface area (Å²) in [5, 5.41) is 6.44. The molecule has 1 saturated heterocycles. The highest BCUT2D eigenvalue weighted by Gasteiger charge is 2.28. The zero-order chi connectivity index (χ0) is 15.7. The van der Waals surface area contributed by atoms with Gasteiger partial charge < -0.3 is 14.7 Å². The normalized spacial score (nSPS) is 17.8. The number of carbonyl (C=O) groups excluding carboxylic acids is 1. The van der Waals surface area contributed by atoms with Crippen molar-refractivity contribution >= 4 is 11.6 Å². The fourth-order valence-corrected chi connectivity index (χ4v) is 2.61. The van der Waals surface area contributed by atoms with E-state index in [4.69, 9.17) is 4.52 Å². The molecule has 0 aliphatic carbocycles. The lowest BCUT2D eigenvalue weighted by Crippen LogP contribution is -2.37. The van der Waals surface area contributed by atoms with Crippen LogP contribution in [0.3, 0.4) is 0 Å². The number of carbonyl (C=O) groups is 1. The smallest absolute Gasteiger partial charge is 0.273 e. The summed E-state index contributed by atoms with van der Waals surface area (Å²) in [5.41, 5.74) is 0.157. The second-order valence-corrected chi connectivity index (χ2v) is 5.30. The van der Waals surface area contributed by atoms with Crippen LogP contribution in [0.15, 0.2) is 28.8 Å². The number of amides is 1. The van der Waals surface area contributed by atoms with Crippen LogP contribution in [0.4, 0.5) is 14.5 Å². The summed E-state index contributed by atoms with van der Waals surface area (Å²) in [7, 11) is 0. The number of hydrogen-bond acceptors (Lipinski definition) is 4. The first-order valence-electron chi connectivity index (χ1n) is 6.97. The van der Waals surface area contributed by atoms with E-state index in [9.17, 15) is 13.6 Å². The molecule has 3 rings (SSSR count). The number of anilines is 1. The number of benzene rings is 1. The van der Waals surface area contributed by atoms with E-state index in [0.717, 1.165) is 0 Å². The molecule has 1 aromatic heterocycles. The van der Waals surface area contributed by atoms with Gasteiger partial charge in [0.1, 0.15) is 23.1 Å². The maximum Gasteiger partial charge on any atom is 0.273 e. The van der Waals surface area contributed by atoms with Gasteiger partial charge in [0.15, 0.2) is 5.69 Å². The van der Waals surface area contributed by atoms with Crippen molar-refractivity contribution in [1.29, 1.82) is 0 Å². The molecule has 1 unspecified atom stereocenters. The monoisotopic (exact) mass is 307 g/mol. The Kier molecular flexibility index (Phi) is 3.79. The maximum absolute atomic E-state index is 13.8. The third kappa shape index (κ3) is 2.79. The van der Waals surface area contributed by atoms with Crippen LogP contribution in [0.2, 0.25) is 0 Å². The van der Waals surface area contributed by atoms with Crippen LogP contribution >= 0.6 is 0 Å². The summed E-state index contributed by atoms with van der Waals surface area (Å²) < 4.78 is 32.4. The van der Waals surface area contributed by atoms with Crippen molar-refractivity contribution in [2.24, 2.45) is 0 Å². The zero-order valence-electron chi connectivity index (χ0n) is 12.0. The number of para-hydroxylation sites is 1. The number of aromatic nitrogens is 1. The standard InChI is InChI=1S/C15H15F2N3O2/c1-9-7-13(19-22-9)15(21)18-10-5-6-20(8-10)14-11(16)3-2-4-12(14)17/h2-4,7,10H,5-6,8H2,1H3,(H,18,21). The van der Waals surface area contributed by atoms with Crippen molar-refractivity contribution in [1.82, 2.24) is 10.5 Å². The Labute approximate surface area is 125 Å². The van der Waals surface area contributed by atoms with E-state index < -0.39 is 11.6 Å². The summed E-state index contributed by atoms with van der Waals surface area (Å²) in [5.74, 6) is -0.998.